The lowest BCUT2D eigenvalue weighted by Gasteiger charge is -2.36. The van der Waals surface area contributed by atoms with Gasteiger partial charge in [0.15, 0.2) is 0 Å². The van der Waals surface area contributed by atoms with Gasteiger partial charge in [-0.2, -0.15) is 0 Å². The molecule has 0 atom stereocenters. The van der Waals surface area contributed by atoms with Gasteiger partial charge in [0.05, 0.1) is 16.4 Å². The van der Waals surface area contributed by atoms with E-state index in [9.17, 15) is 0 Å². The normalized spacial score (nSPS) is 17.8. The summed E-state index contributed by atoms with van der Waals surface area (Å²) in [5.41, 5.74) is 4.58. The maximum absolute atomic E-state index is 6.40. The molecule has 1 heterocycles. The average Bonchev–Trinajstić information content (AvgIpc) is 3.59. The van der Waals surface area contributed by atoms with Gasteiger partial charge in [-0.25, -0.2) is 9.98 Å². The fourth-order valence-electron chi connectivity index (χ4n) is 3.90. The second-order valence-corrected chi connectivity index (χ2v) is 8.73. The van der Waals surface area contributed by atoms with Crippen molar-refractivity contribution in [3.8, 4) is 0 Å². The molecule has 2 fully saturated rings. The van der Waals surface area contributed by atoms with Crippen molar-refractivity contribution in [3.63, 3.8) is 0 Å². The number of piperazine rings is 1. The fourth-order valence-corrected chi connectivity index (χ4v) is 4.16. The number of benzene rings is 2. The highest BCUT2D eigenvalue weighted by Crippen LogP contribution is 2.34. The largest absolute Gasteiger partial charge is 0.378 e. The number of anilines is 2. The summed E-state index contributed by atoms with van der Waals surface area (Å²) >= 11 is 6.40. The molecule has 1 saturated carbocycles. The Labute approximate surface area is 184 Å². The molecule has 1 aliphatic carbocycles. The lowest BCUT2D eigenvalue weighted by Crippen LogP contribution is -2.46. The predicted molar refractivity (Wildman–Crippen MR) is 129 cm³/mol. The molecule has 0 bridgehead atoms. The van der Waals surface area contributed by atoms with Crippen molar-refractivity contribution >= 4 is 41.2 Å². The Morgan fingerprint density at radius 1 is 1.10 bits per heavy atom. The van der Waals surface area contributed by atoms with E-state index < -0.39 is 0 Å². The number of hydrogen-bond acceptors (Lipinski definition) is 4. The summed E-state index contributed by atoms with van der Waals surface area (Å²) in [6.45, 7) is 8.55. The Morgan fingerprint density at radius 2 is 1.83 bits per heavy atom. The van der Waals surface area contributed by atoms with Crippen LogP contribution in [0.4, 0.5) is 17.1 Å². The second-order valence-electron chi connectivity index (χ2n) is 8.32. The Hall–Kier alpha value is -2.37. The summed E-state index contributed by atoms with van der Waals surface area (Å²) in [7, 11) is 4.15. The van der Waals surface area contributed by atoms with E-state index in [0.717, 1.165) is 55.0 Å². The van der Waals surface area contributed by atoms with Crippen LogP contribution >= 0.6 is 11.6 Å². The third kappa shape index (κ3) is 4.85. The van der Waals surface area contributed by atoms with E-state index in [1.54, 1.807) is 0 Å². The number of aliphatic imine (C=N–C) groups is 2. The zero-order chi connectivity index (χ0) is 21.1. The van der Waals surface area contributed by atoms with E-state index in [0.29, 0.717) is 5.92 Å². The van der Waals surface area contributed by atoms with Crippen LogP contribution in [0.1, 0.15) is 18.4 Å². The van der Waals surface area contributed by atoms with Crippen LogP contribution in [-0.4, -0.2) is 57.7 Å². The summed E-state index contributed by atoms with van der Waals surface area (Å²) in [6.07, 6.45) is 2.35. The summed E-state index contributed by atoms with van der Waals surface area (Å²) in [6, 6.07) is 14.6. The molecule has 4 rings (SSSR count). The van der Waals surface area contributed by atoms with Gasteiger partial charge in [0.2, 0.25) is 0 Å². The molecule has 5 nitrogen and oxygen atoms in total. The molecule has 0 amide bonds. The molecular weight excluding hydrogens is 394 g/mol. The lowest BCUT2D eigenvalue weighted by molar-refractivity contribution is 0.250. The molecule has 2 aromatic rings. The van der Waals surface area contributed by atoms with E-state index in [-0.39, 0.29) is 0 Å². The molecule has 2 aliphatic rings. The van der Waals surface area contributed by atoms with Gasteiger partial charge in [0, 0.05) is 58.4 Å². The lowest BCUT2D eigenvalue weighted by atomic mass is 10.1. The number of rotatable bonds is 6. The molecule has 0 N–H and O–H groups in total. The SMILES string of the molecule is C=N/C(=N\c1ccc(N(C)C)cc1CN1CCN(c2ccccc2Cl)CC1)C1CC1. The third-order valence-corrected chi connectivity index (χ3v) is 6.20. The first-order valence-corrected chi connectivity index (χ1v) is 11.0. The Morgan fingerprint density at radius 3 is 2.47 bits per heavy atom. The highest BCUT2D eigenvalue weighted by atomic mass is 35.5. The monoisotopic (exact) mass is 423 g/mol. The smallest absolute Gasteiger partial charge is 0.131 e. The minimum Gasteiger partial charge on any atom is -0.378 e. The van der Waals surface area contributed by atoms with Crippen molar-refractivity contribution < 1.29 is 0 Å². The van der Waals surface area contributed by atoms with Gasteiger partial charge in [-0.3, -0.25) is 4.90 Å². The van der Waals surface area contributed by atoms with Gasteiger partial charge in [-0.15, -0.1) is 0 Å². The van der Waals surface area contributed by atoms with Crippen LogP contribution in [-0.2, 0) is 6.54 Å². The number of para-hydroxylation sites is 1. The van der Waals surface area contributed by atoms with E-state index in [1.807, 2.05) is 12.1 Å². The number of nitrogens with zero attached hydrogens (tertiary/aromatic N) is 5. The Balaban J connectivity index is 1.50. The van der Waals surface area contributed by atoms with Gasteiger partial charge in [-0.1, -0.05) is 23.7 Å². The summed E-state index contributed by atoms with van der Waals surface area (Å²) in [5, 5.41) is 0.825. The number of amidine groups is 1. The van der Waals surface area contributed by atoms with Gasteiger partial charge in [0.25, 0.3) is 0 Å². The molecular formula is C24H30ClN5. The number of halogens is 1. The van der Waals surface area contributed by atoms with Crippen LogP contribution in [0.3, 0.4) is 0 Å². The van der Waals surface area contributed by atoms with E-state index in [2.05, 4.69) is 70.8 Å². The summed E-state index contributed by atoms with van der Waals surface area (Å²) < 4.78 is 0. The fraction of sp³-hybridized carbons (Fsp3) is 0.417. The first kappa shape index (κ1) is 20.9. The van der Waals surface area contributed by atoms with E-state index in [4.69, 9.17) is 16.6 Å². The summed E-state index contributed by atoms with van der Waals surface area (Å²) in [5.74, 6) is 1.38. The van der Waals surface area contributed by atoms with Gasteiger partial charge >= 0.3 is 0 Å². The van der Waals surface area contributed by atoms with Gasteiger partial charge in [-0.05, 0) is 55.5 Å². The van der Waals surface area contributed by atoms with Crippen molar-refractivity contribution in [1.82, 2.24) is 4.90 Å². The van der Waals surface area contributed by atoms with Crippen LogP contribution in [0.15, 0.2) is 52.4 Å². The maximum Gasteiger partial charge on any atom is 0.131 e. The molecule has 0 unspecified atom stereocenters. The van der Waals surface area contributed by atoms with Crippen LogP contribution in [0.25, 0.3) is 0 Å². The van der Waals surface area contributed by atoms with Crippen molar-refractivity contribution in [3.05, 3.63) is 53.1 Å². The quantitative estimate of drug-likeness (QED) is 0.491. The van der Waals surface area contributed by atoms with E-state index in [1.165, 1.54) is 24.1 Å². The van der Waals surface area contributed by atoms with E-state index >= 15 is 0 Å². The van der Waals surface area contributed by atoms with Crippen LogP contribution in [0.5, 0.6) is 0 Å². The molecule has 0 aromatic heterocycles. The molecule has 6 heteroatoms. The molecule has 30 heavy (non-hydrogen) atoms. The van der Waals surface area contributed by atoms with Crippen LogP contribution in [0, 0.1) is 5.92 Å². The first-order valence-electron chi connectivity index (χ1n) is 10.6. The van der Waals surface area contributed by atoms with Crippen molar-refractivity contribution in [2.24, 2.45) is 15.9 Å². The van der Waals surface area contributed by atoms with Gasteiger partial charge in [0.1, 0.15) is 5.84 Å². The molecule has 0 radical (unpaired) electrons. The standard InChI is InChI=1S/C24H30ClN5/c1-26-24(18-8-9-18)27-22-11-10-20(28(2)3)16-19(22)17-29-12-14-30(15-13-29)23-7-5-4-6-21(23)25/h4-7,10-11,16,18H,1,8-9,12-15,17H2,2-3H3/b27-24-. The van der Waals surface area contributed by atoms with Crippen molar-refractivity contribution in [2.45, 2.75) is 19.4 Å². The Bertz CT molecular complexity index is 927. The second kappa shape index (κ2) is 9.19. The zero-order valence-corrected chi connectivity index (χ0v) is 18.6. The topological polar surface area (TPSA) is 34.4 Å². The predicted octanol–water partition coefficient (Wildman–Crippen LogP) is 4.87. The molecule has 1 saturated heterocycles. The third-order valence-electron chi connectivity index (χ3n) is 5.88. The highest BCUT2D eigenvalue weighted by Gasteiger charge is 2.27. The Kier molecular flexibility index (Phi) is 6.40. The molecule has 0 spiro atoms. The average molecular weight is 424 g/mol. The minimum atomic E-state index is 0.489. The highest BCUT2D eigenvalue weighted by molar-refractivity contribution is 6.33. The summed E-state index contributed by atoms with van der Waals surface area (Å²) in [4.78, 5) is 16.1. The molecule has 1 aliphatic heterocycles. The van der Waals surface area contributed by atoms with Crippen molar-refractivity contribution in [1.29, 1.82) is 0 Å². The molecule has 158 valence electrons. The van der Waals surface area contributed by atoms with Gasteiger partial charge < -0.3 is 9.80 Å². The van der Waals surface area contributed by atoms with Crippen LogP contribution < -0.4 is 9.80 Å². The van der Waals surface area contributed by atoms with Crippen LogP contribution in [0.2, 0.25) is 5.02 Å². The van der Waals surface area contributed by atoms with Crippen molar-refractivity contribution in [2.75, 3.05) is 50.1 Å². The zero-order valence-electron chi connectivity index (χ0n) is 17.9. The minimum absolute atomic E-state index is 0.489. The molecule has 2 aromatic carbocycles. The first-order chi connectivity index (χ1) is 14.5. The maximum atomic E-state index is 6.40. The number of hydrogen-bond donors (Lipinski definition) is 0.